The first-order valence-electron chi connectivity index (χ1n) is 11.3. The summed E-state index contributed by atoms with van der Waals surface area (Å²) in [6.45, 7) is 1.60. The molecule has 0 bridgehead atoms. The molecule has 2 N–H and O–H groups in total. The standard InChI is InChI=1S/C26H26BrN5O5/c1-32-12-11-28-24(32)15-5-7-16(8-6-15)25(33)31-21-18(13-19(35-2)22(36-3)23(21)37-4)26(34)30-20-10-9-17(27)14-29-20/h5-10,13-14H,11-12H2,1-4H3,(H,31,33)(H,29,30,34). The van der Waals surface area contributed by atoms with Crippen LogP contribution in [0.1, 0.15) is 26.3 Å². The molecule has 192 valence electrons. The number of rotatable bonds is 8. The molecule has 4 rings (SSSR count). The van der Waals surface area contributed by atoms with Crippen LogP contribution in [0.25, 0.3) is 0 Å². The number of amides is 2. The summed E-state index contributed by atoms with van der Waals surface area (Å²) in [5, 5.41) is 5.55. The highest BCUT2D eigenvalue weighted by molar-refractivity contribution is 9.10. The van der Waals surface area contributed by atoms with Gasteiger partial charge in [-0.3, -0.25) is 14.6 Å². The average molecular weight is 568 g/mol. The molecule has 0 aliphatic carbocycles. The first-order chi connectivity index (χ1) is 17.9. The predicted molar refractivity (Wildman–Crippen MR) is 144 cm³/mol. The number of likely N-dealkylation sites (N-methyl/N-ethyl adjacent to an activating group) is 1. The third-order valence-electron chi connectivity index (χ3n) is 5.75. The van der Waals surface area contributed by atoms with Crippen LogP contribution in [0.5, 0.6) is 17.2 Å². The molecule has 2 heterocycles. The summed E-state index contributed by atoms with van der Waals surface area (Å²) in [4.78, 5) is 37.3. The zero-order chi connectivity index (χ0) is 26.5. The van der Waals surface area contributed by atoms with Gasteiger partial charge in [0.15, 0.2) is 11.5 Å². The second-order valence-electron chi connectivity index (χ2n) is 8.04. The molecule has 1 aliphatic heterocycles. The van der Waals surface area contributed by atoms with E-state index in [1.165, 1.54) is 27.4 Å². The van der Waals surface area contributed by atoms with Crippen molar-refractivity contribution in [3.8, 4) is 17.2 Å². The maximum absolute atomic E-state index is 13.3. The SMILES string of the molecule is COc1cc(C(=O)Nc2ccc(Br)cn2)c(NC(=O)c2ccc(C3=NCCN3C)cc2)c(OC)c1OC. The van der Waals surface area contributed by atoms with Crippen molar-refractivity contribution in [2.24, 2.45) is 4.99 Å². The molecule has 0 atom stereocenters. The Balaban J connectivity index is 1.69. The van der Waals surface area contributed by atoms with E-state index in [1.807, 2.05) is 19.2 Å². The molecule has 10 nitrogen and oxygen atoms in total. The van der Waals surface area contributed by atoms with Gasteiger partial charge in [-0.25, -0.2) is 4.98 Å². The number of hydrogen-bond acceptors (Lipinski definition) is 8. The lowest BCUT2D eigenvalue weighted by atomic mass is 10.1. The summed E-state index contributed by atoms with van der Waals surface area (Å²) < 4.78 is 17.2. The monoisotopic (exact) mass is 567 g/mol. The summed E-state index contributed by atoms with van der Waals surface area (Å²) in [7, 11) is 6.28. The minimum absolute atomic E-state index is 0.103. The minimum Gasteiger partial charge on any atom is -0.493 e. The Morgan fingerprint density at radius 1 is 0.946 bits per heavy atom. The first kappa shape index (κ1) is 26.0. The van der Waals surface area contributed by atoms with Crippen molar-refractivity contribution in [2.75, 3.05) is 52.1 Å². The number of carbonyl (C=O) groups is 2. The Morgan fingerprint density at radius 3 is 2.24 bits per heavy atom. The highest BCUT2D eigenvalue weighted by atomic mass is 79.9. The fraction of sp³-hybridized carbons (Fsp3) is 0.231. The normalized spacial score (nSPS) is 12.6. The number of hydrogen-bond donors (Lipinski definition) is 2. The van der Waals surface area contributed by atoms with Crippen LogP contribution in [0.3, 0.4) is 0 Å². The fourth-order valence-corrected chi connectivity index (χ4v) is 4.13. The molecule has 0 spiro atoms. The van der Waals surface area contributed by atoms with Crippen LogP contribution in [0.2, 0.25) is 0 Å². The first-order valence-corrected chi connectivity index (χ1v) is 12.1. The van der Waals surface area contributed by atoms with E-state index in [-0.39, 0.29) is 28.5 Å². The maximum Gasteiger partial charge on any atom is 0.259 e. The molecule has 0 saturated heterocycles. The van der Waals surface area contributed by atoms with Crippen LogP contribution in [0.4, 0.5) is 11.5 Å². The number of methoxy groups -OCH3 is 3. The lowest BCUT2D eigenvalue weighted by Gasteiger charge is -2.20. The van der Waals surface area contributed by atoms with Gasteiger partial charge < -0.3 is 29.7 Å². The fourth-order valence-electron chi connectivity index (χ4n) is 3.89. The molecule has 2 aromatic carbocycles. The Labute approximate surface area is 222 Å². The second-order valence-corrected chi connectivity index (χ2v) is 8.96. The van der Waals surface area contributed by atoms with E-state index in [4.69, 9.17) is 14.2 Å². The summed E-state index contributed by atoms with van der Waals surface area (Å²) in [6, 6.07) is 12.0. The number of halogens is 1. The Morgan fingerprint density at radius 2 is 1.68 bits per heavy atom. The third-order valence-corrected chi connectivity index (χ3v) is 6.22. The topological polar surface area (TPSA) is 114 Å². The second kappa shape index (κ2) is 11.3. The lowest BCUT2D eigenvalue weighted by Crippen LogP contribution is -2.23. The Bertz CT molecular complexity index is 1340. The van der Waals surface area contributed by atoms with E-state index in [0.717, 1.165) is 29.0 Å². The Kier molecular flexibility index (Phi) is 7.92. The minimum atomic E-state index is -0.526. The zero-order valence-electron chi connectivity index (χ0n) is 20.8. The number of carbonyl (C=O) groups excluding carboxylic acids is 2. The van der Waals surface area contributed by atoms with Crippen LogP contribution in [0, 0.1) is 0 Å². The molecule has 1 aliphatic rings. The van der Waals surface area contributed by atoms with E-state index in [0.29, 0.717) is 11.4 Å². The molecule has 2 amide bonds. The van der Waals surface area contributed by atoms with Crippen LogP contribution in [-0.4, -0.2) is 69.0 Å². The lowest BCUT2D eigenvalue weighted by molar-refractivity contribution is 0.102. The number of nitrogens with zero attached hydrogens (tertiary/aromatic N) is 3. The number of nitrogens with one attached hydrogen (secondary N) is 2. The largest absolute Gasteiger partial charge is 0.493 e. The summed E-state index contributed by atoms with van der Waals surface area (Å²) in [5.74, 6) is 0.885. The van der Waals surface area contributed by atoms with Crippen molar-refractivity contribution >= 4 is 45.1 Å². The molecule has 1 aromatic heterocycles. The van der Waals surface area contributed by atoms with Crippen LogP contribution in [0.15, 0.2) is 58.1 Å². The summed E-state index contributed by atoms with van der Waals surface area (Å²) in [5.41, 5.74) is 1.54. The smallest absolute Gasteiger partial charge is 0.259 e. The third kappa shape index (κ3) is 5.51. The number of amidine groups is 1. The quantitative estimate of drug-likeness (QED) is 0.421. The molecule has 0 radical (unpaired) electrons. The molecule has 11 heteroatoms. The molecule has 0 unspecified atom stereocenters. The molecule has 37 heavy (non-hydrogen) atoms. The number of aromatic nitrogens is 1. The number of ether oxygens (including phenoxy) is 3. The van der Waals surface area contributed by atoms with Gasteiger partial charge in [-0.15, -0.1) is 0 Å². The van der Waals surface area contributed by atoms with Crippen molar-refractivity contribution in [2.45, 2.75) is 0 Å². The van der Waals surface area contributed by atoms with E-state index in [2.05, 4.69) is 41.4 Å². The van der Waals surface area contributed by atoms with E-state index < -0.39 is 11.8 Å². The summed E-state index contributed by atoms with van der Waals surface area (Å²) >= 11 is 3.32. The highest BCUT2D eigenvalue weighted by Gasteiger charge is 2.26. The van der Waals surface area contributed by atoms with Gasteiger partial charge in [-0.05, 0) is 46.3 Å². The van der Waals surface area contributed by atoms with Gasteiger partial charge >= 0.3 is 0 Å². The van der Waals surface area contributed by atoms with Crippen LogP contribution < -0.4 is 24.8 Å². The van der Waals surface area contributed by atoms with Gasteiger partial charge in [-0.2, -0.15) is 0 Å². The summed E-state index contributed by atoms with van der Waals surface area (Å²) in [6.07, 6.45) is 1.56. The molecule has 0 fully saturated rings. The van der Waals surface area contributed by atoms with Crippen molar-refractivity contribution in [3.63, 3.8) is 0 Å². The molecular weight excluding hydrogens is 542 g/mol. The van der Waals surface area contributed by atoms with Crippen LogP contribution in [-0.2, 0) is 0 Å². The maximum atomic E-state index is 13.3. The number of aliphatic imine (C=N–C) groups is 1. The molecule has 3 aromatic rings. The van der Waals surface area contributed by atoms with Gasteiger partial charge in [0.25, 0.3) is 11.8 Å². The molecular formula is C26H26BrN5O5. The van der Waals surface area contributed by atoms with Gasteiger partial charge in [0, 0.05) is 35.4 Å². The van der Waals surface area contributed by atoms with Gasteiger partial charge in [0.2, 0.25) is 5.75 Å². The van der Waals surface area contributed by atoms with E-state index in [9.17, 15) is 9.59 Å². The molecule has 0 saturated carbocycles. The van der Waals surface area contributed by atoms with Crippen molar-refractivity contribution in [1.29, 1.82) is 0 Å². The Hall–Kier alpha value is -4.12. The van der Waals surface area contributed by atoms with Gasteiger partial charge in [-0.1, -0.05) is 12.1 Å². The number of anilines is 2. The van der Waals surface area contributed by atoms with Crippen LogP contribution >= 0.6 is 15.9 Å². The van der Waals surface area contributed by atoms with E-state index >= 15 is 0 Å². The van der Waals surface area contributed by atoms with Crippen molar-refractivity contribution < 1.29 is 23.8 Å². The number of pyridine rings is 1. The van der Waals surface area contributed by atoms with E-state index in [1.54, 1.807) is 30.5 Å². The number of benzene rings is 2. The average Bonchev–Trinajstić information content (AvgIpc) is 3.35. The highest BCUT2D eigenvalue weighted by Crippen LogP contribution is 2.45. The van der Waals surface area contributed by atoms with Gasteiger partial charge in [0.1, 0.15) is 17.3 Å². The van der Waals surface area contributed by atoms with Crippen molar-refractivity contribution in [1.82, 2.24) is 9.88 Å². The zero-order valence-corrected chi connectivity index (χ0v) is 22.4. The van der Waals surface area contributed by atoms with Crippen molar-refractivity contribution in [3.05, 3.63) is 69.8 Å². The predicted octanol–water partition coefficient (Wildman–Crippen LogP) is 4.07. The van der Waals surface area contributed by atoms with Gasteiger partial charge in [0.05, 0.1) is 33.4 Å².